The molecule has 0 aromatic carbocycles. The number of hydrogen-bond acceptors (Lipinski definition) is 5. The Hall–Kier alpha value is -0.990. The Morgan fingerprint density at radius 2 is 2.23 bits per heavy atom. The molecule has 2 atom stereocenters. The SMILES string of the molecule is CCCCS(=O)(=O)N[C@@H]1CN(Cc2cn[nH]n2)C[C@H]1C1CC1. The van der Waals surface area contributed by atoms with Crippen molar-refractivity contribution >= 4 is 10.0 Å². The van der Waals surface area contributed by atoms with Gasteiger partial charge in [0.2, 0.25) is 10.0 Å². The van der Waals surface area contributed by atoms with Gasteiger partial charge in [0, 0.05) is 25.7 Å². The van der Waals surface area contributed by atoms with Crippen LogP contribution in [0.2, 0.25) is 0 Å². The van der Waals surface area contributed by atoms with Crippen molar-refractivity contribution in [1.29, 1.82) is 0 Å². The van der Waals surface area contributed by atoms with E-state index in [1.807, 2.05) is 6.92 Å². The van der Waals surface area contributed by atoms with Crippen LogP contribution in [0.25, 0.3) is 0 Å². The van der Waals surface area contributed by atoms with E-state index < -0.39 is 10.0 Å². The van der Waals surface area contributed by atoms with Crippen molar-refractivity contribution in [3.8, 4) is 0 Å². The van der Waals surface area contributed by atoms with Crippen LogP contribution < -0.4 is 4.72 Å². The molecule has 1 aromatic rings. The van der Waals surface area contributed by atoms with Crippen LogP contribution in [0, 0.1) is 11.8 Å². The number of hydrogen-bond donors (Lipinski definition) is 2. The molecule has 2 heterocycles. The van der Waals surface area contributed by atoms with E-state index in [4.69, 9.17) is 0 Å². The maximum absolute atomic E-state index is 12.2. The van der Waals surface area contributed by atoms with Crippen molar-refractivity contribution in [3.05, 3.63) is 11.9 Å². The zero-order valence-corrected chi connectivity index (χ0v) is 13.8. The molecular formula is C14H25N5O2S. The van der Waals surface area contributed by atoms with Crippen LogP contribution >= 0.6 is 0 Å². The van der Waals surface area contributed by atoms with Gasteiger partial charge in [-0.05, 0) is 31.1 Å². The van der Waals surface area contributed by atoms with Crippen LogP contribution in [0.5, 0.6) is 0 Å². The Kier molecular flexibility index (Phi) is 4.79. The van der Waals surface area contributed by atoms with Gasteiger partial charge in [-0.15, -0.1) is 0 Å². The molecule has 0 radical (unpaired) electrons. The predicted molar refractivity (Wildman–Crippen MR) is 83.5 cm³/mol. The fourth-order valence-corrected chi connectivity index (χ4v) is 4.82. The van der Waals surface area contributed by atoms with Gasteiger partial charge < -0.3 is 0 Å². The van der Waals surface area contributed by atoms with Crippen LogP contribution in [-0.4, -0.2) is 53.6 Å². The summed E-state index contributed by atoms with van der Waals surface area (Å²) in [7, 11) is -3.16. The second-order valence-corrected chi connectivity index (χ2v) is 8.43. The third kappa shape index (κ3) is 4.05. The Morgan fingerprint density at radius 1 is 1.41 bits per heavy atom. The molecule has 8 heteroatoms. The lowest BCUT2D eigenvalue weighted by Gasteiger charge is -2.19. The van der Waals surface area contributed by atoms with Gasteiger partial charge in [0.1, 0.15) is 0 Å². The van der Waals surface area contributed by atoms with Crippen molar-refractivity contribution in [3.63, 3.8) is 0 Å². The minimum atomic E-state index is -3.16. The lowest BCUT2D eigenvalue weighted by molar-refractivity contribution is 0.306. The van der Waals surface area contributed by atoms with Crippen LogP contribution in [0.3, 0.4) is 0 Å². The number of aromatic nitrogens is 3. The van der Waals surface area contributed by atoms with Crippen LogP contribution in [0.15, 0.2) is 6.20 Å². The van der Waals surface area contributed by atoms with Crippen molar-refractivity contribution in [1.82, 2.24) is 25.0 Å². The zero-order valence-electron chi connectivity index (χ0n) is 13.0. The van der Waals surface area contributed by atoms with Gasteiger partial charge in [-0.1, -0.05) is 13.3 Å². The van der Waals surface area contributed by atoms with Gasteiger partial charge in [0.25, 0.3) is 0 Å². The number of unbranched alkanes of at least 4 members (excludes halogenated alkanes) is 1. The van der Waals surface area contributed by atoms with Gasteiger partial charge in [0.05, 0.1) is 17.6 Å². The van der Waals surface area contributed by atoms with E-state index in [1.54, 1.807) is 6.20 Å². The lowest BCUT2D eigenvalue weighted by Crippen LogP contribution is -2.42. The molecule has 2 fully saturated rings. The third-order valence-corrected chi connectivity index (χ3v) is 6.10. The lowest BCUT2D eigenvalue weighted by atomic mass is 9.99. The van der Waals surface area contributed by atoms with Gasteiger partial charge in [-0.2, -0.15) is 15.4 Å². The summed E-state index contributed by atoms with van der Waals surface area (Å²) >= 11 is 0. The second kappa shape index (κ2) is 6.64. The summed E-state index contributed by atoms with van der Waals surface area (Å²) in [5, 5.41) is 10.5. The second-order valence-electron chi connectivity index (χ2n) is 6.55. The quantitative estimate of drug-likeness (QED) is 0.735. The zero-order chi connectivity index (χ0) is 15.6. The minimum absolute atomic E-state index is 0.0428. The molecule has 0 spiro atoms. The van der Waals surface area contributed by atoms with E-state index >= 15 is 0 Å². The van der Waals surface area contributed by atoms with Gasteiger partial charge >= 0.3 is 0 Å². The van der Waals surface area contributed by atoms with Crippen LogP contribution in [0.4, 0.5) is 0 Å². The Morgan fingerprint density at radius 3 is 2.86 bits per heavy atom. The Labute approximate surface area is 131 Å². The van der Waals surface area contributed by atoms with E-state index in [9.17, 15) is 8.42 Å². The van der Waals surface area contributed by atoms with E-state index in [0.29, 0.717) is 11.8 Å². The Balaban J connectivity index is 1.61. The first-order valence-corrected chi connectivity index (χ1v) is 9.79. The summed E-state index contributed by atoms with van der Waals surface area (Å²) in [6.45, 7) is 4.45. The number of H-pyrrole nitrogens is 1. The molecule has 2 N–H and O–H groups in total. The highest BCUT2D eigenvalue weighted by Crippen LogP contribution is 2.41. The molecule has 124 valence electrons. The molecule has 3 rings (SSSR count). The average molecular weight is 327 g/mol. The fraction of sp³-hybridized carbons (Fsp3) is 0.857. The molecule has 1 saturated carbocycles. The number of rotatable bonds is 8. The standard InChI is InChI=1S/C14H25N5O2S/c1-2-3-6-22(20,21)17-14-10-19(8-12-7-15-18-16-12)9-13(14)11-4-5-11/h7,11,13-14,17H,2-6,8-10H2,1H3,(H,15,16,18)/t13-,14+/m0/s1. The molecule has 22 heavy (non-hydrogen) atoms. The van der Waals surface area contributed by atoms with E-state index in [0.717, 1.165) is 38.2 Å². The first-order chi connectivity index (χ1) is 10.6. The summed E-state index contributed by atoms with van der Waals surface area (Å²) in [5.41, 5.74) is 0.907. The number of nitrogens with one attached hydrogen (secondary N) is 2. The number of nitrogens with zero attached hydrogens (tertiary/aromatic N) is 3. The molecular weight excluding hydrogens is 302 g/mol. The van der Waals surface area contributed by atoms with Crippen LogP contribution in [-0.2, 0) is 16.6 Å². The van der Waals surface area contributed by atoms with Gasteiger partial charge in [-0.3, -0.25) is 4.90 Å². The number of sulfonamides is 1. The molecule has 0 unspecified atom stereocenters. The summed E-state index contributed by atoms with van der Waals surface area (Å²) in [4.78, 5) is 2.29. The highest BCUT2D eigenvalue weighted by Gasteiger charge is 2.43. The smallest absolute Gasteiger partial charge is 0.211 e. The maximum atomic E-state index is 12.2. The predicted octanol–water partition coefficient (Wildman–Crippen LogP) is 0.735. The fourth-order valence-electron chi connectivity index (χ4n) is 3.32. The van der Waals surface area contributed by atoms with Crippen LogP contribution in [0.1, 0.15) is 38.3 Å². The highest BCUT2D eigenvalue weighted by molar-refractivity contribution is 7.89. The number of aromatic amines is 1. The van der Waals surface area contributed by atoms with Crippen molar-refractivity contribution in [2.24, 2.45) is 11.8 Å². The normalized spacial score (nSPS) is 26.6. The largest absolute Gasteiger partial charge is 0.295 e. The summed E-state index contributed by atoms with van der Waals surface area (Å²) in [6, 6.07) is 0.0428. The first kappa shape index (κ1) is 15.9. The molecule has 1 aliphatic heterocycles. The van der Waals surface area contributed by atoms with E-state index in [2.05, 4.69) is 25.0 Å². The third-order valence-electron chi connectivity index (χ3n) is 4.62. The molecule has 0 amide bonds. The molecule has 0 bridgehead atoms. The first-order valence-electron chi connectivity index (χ1n) is 8.14. The topological polar surface area (TPSA) is 91.0 Å². The Bertz CT molecular complexity index is 570. The molecule has 1 aliphatic carbocycles. The monoisotopic (exact) mass is 327 g/mol. The highest BCUT2D eigenvalue weighted by atomic mass is 32.2. The van der Waals surface area contributed by atoms with Gasteiger partial charge in [-0.25, -0.2) is 13.1 Å². The van der Waals surface area contributed by atoms with E-state index in [-0.39, 0.29) is 11.8 Å². The van der Waals surface area contributed by atoms with Crippen molar-refractivity contribution < 1.29 is 8.42 Å². The maximum Gasteiger partial charge on any atom is 0.211 e. The molecule has 2 aliphatic rings. The summed E-state index contributed by atoms with van der Waals surface area (Å²) in [6.07, 6.45) is 5.81. The van der Waals surface area contributed by atoms with Gasteiger partial charge in [0.15, 0.2) is 0 Å². The average Bonchev–Trinajstić information content (AvgIpc) is 3.05. The summed E-state index contributed by atoms with van der Waals surface area (Å²) < 4.78 is 27.4. The minimum Gasteiger partial charge on any atom is -0.295 e. The van der Waals surface area contributed by atoms with Crippen molar-refractivity contribution in [2.75, 3.05) is 18.8 Å². The summed E-state index contributed by atoms with van der Waals surface area (Å²) in [5.74, 6) is 1.35. The molecule has 1 aromatic heterocycles. The molecule has 7 nitrogen and oxygen atoms in total. The molecule has 1 saturated heterocycles. The number of likely N-dealkylation sites (tertiary alicyclic amines) is 1. The van der Waals surface area contributed by atoms with E-state index in [1.165, 1.54) is 12.8 Å². The van der Waals surface area contributed by atoms with Crippen molar-refractivity contribution in [2.45, 2.75) is 45.2 Å².